The van der Waals surface area contributed by atoms with Gasteiger partial charge in [-0.15, -0.1) is 0 Å². The first kappa shape index (κ1) is 13.2. The molecule has 18 heavy (non-hydrogen) atoms. The third-order valence-electron chi connectivity index (χ3n) is 2.82. The Morgan fingerprint density at radius 2 is 2.11 bits per heavy atom. The molecule has 0 bridgehead atoms. The van der Waals surface area contributed by atoms with Gasteiger partial charge in [0.05, 0.1) is 11.3 Å². The number of rotatable bonds is 0. The molecule has 1 aromatic rings. The van der Waals surface area contributed by atoms with E-state index >= 15 is 0 Å². The third kappa shape index (κ3) is 2.31. The van der Waals surface area contributed by atoms with Crippen molar-refractivity contribution in [3.05, 3.63) is 29.3 Å². The van der Waals surface area contributed by atoms with Gasteiger partial charge in [0.2, 0.25) is 0 Å². The molecule has 98 valence electrons. The molecule has 0 aliphatic carbocycles. The lowest BCUT2D eigenvalue weighted by Gasteiger charge is -2.30. The Hall–Kier alpha value is -1.24. The van der Waals surface area contributed by atoms with Gasteiger partial charge in [-0.05, 0) is 30.2 Å². The van der Waals surface area contributed by atoms with Crippen molar-refractivity contribution in [2.24, 2.45) is 0 Å². The van der Waals surface area contributed by atoms with Crippen molar-refractivity contribution >= 4 is 27.7 Å². The highest BCUT2D eigenvalue weighted by molar-refractivity contribution is 9.09. The number of fused-ring (bicyclic) bond motifs is 1. The van der Waals surface area contributed by atoms with E-state index in [1.165, 1.54) is 6.07 Å². The van der Waals surface area contributed by atoms with E-state index in [9.17, 15) is 18.0 Å². The van der Waals surface area contributed by atoms with E-state index in [1.807, 2.05) is 0 Å². The smallest absolute Gasteiger partial charge is 0.416 e. The molecule has 0 saturated carbocycles. The minimum atomic E-state index is -4.42. The van der Waals surface area contributed by atoms with E-state index < -0.39 is 17.8 Å². The summed E-state index contributed by atoms with van der Waals surface area (Å²) in [6.07, 6.45) is -5.14. The standard InChI is InChI=1S/C11H9BrF3NO2/c12-8-3-4-16(10(17)18)9-2-1-6(5-7(8)9)11(13,14)15/h1-2,5,8H,3-4H2,(H,17,18)/t8-/m1/s1. The second kappa shape index (κ2) is 4.46. The molecule has 0 fully saturated rings. The van der Waals surface area contributed by atoms with Crippen molar-refractivity contribution in [3.8, 4) is 0 Å². The van der Waals surface area contributed by atoms with Crippen LogP contribution in [-0.4, -0.2) is 17.7 Å². The zero-order valence-electron chi connectivity index (χ0n) is 9.04. The zero-order chi connectivity index (χ0) is 13.5. The largest absolute Gasteiger partial charge is 0.465 e. The second-order valence-corrected chi connectivity index (χ2v) is 5.07. The fraction of sp³-hybridized carbons (Fsp3) is 0.364. The summed E-state index contributed by atoms with van der Waals surface area (Å²) in [7, 11) is 0. The molecular formula is C11H9BrF3NO2. The van der Waals surface area contributed by atoms with Gasteiger partial charge < -0.3 is 5.11 Å². The number of nitrogens with zero attached hydrogens (tertiary/aromatic N) is 1. The monoisotopic (exact) mass is 323 g/mol. The fourth-order valence-electron chi connectivity index (χ4n) is 1.94. The van der Waals surface area contributed by atoms with Gasteiger partial charge in [0.1, 0.15) is 0 Å². The molecule has 2 rings (SSSR count). The highest BCUT2D eigenvalue weighted by atomic mass is 79.9. The Kier molecular flexibility index (Phi) is 3.27. The highest BCUT2D eigenvalue weighted by Gasteiger charge is 2.34. The van der Waals surface area contributed by atoms with E-state index in [2.05, 4.69) is 15.9 Å². The molecule has 1 heterocycles. The maximum absolute atomic E-state index is 12.6. The second-order valence-electron chi connectivity index (χ2n) is 3.96. The fourth-order valence-corrected chi connectivity index (χ4v) is 2.52. The van der Waals surface area contributed by atoms with Crippen molar-refractivity contribution in [1.29, 1.82) is 0 Å². The molecule has 7 heteroatoms. The Balaban J connectivity index is 2.50. The summed E-state index contributed by atoms with van der Waals surface area (Å²) in [6.45, 7) is 0.267. The SMILES string of the molecule is O=C(O)N1CC[C@@H](Br)c2cc(C(F)(F)F)ccc21. The van der Waals surface area contributed by atoms with Crippen LogP contribution >= 0.6 is 15.9 Å². The van der Waals surface area contributed by atoms with Crippen LogP contribution in [0.3, 0.4) is 0 Å². The number of hydrogen-bond acceptors (Lipinski definition) is 1. The molecule has 1 aliphatic rings. The van der Waals surface area contributed by atoms with Gasteiger partial charge in [-0.2, -0.15) is 13.2 Å². The lowest BCUT2D eigenvalue weighted by atomic mass is 9.99. The quantitative estimate of drug-likeness (QED) is 0.732. The van der Waals surface area contributed by atoms with Crippen LogP contribution in [0.1, 0.15) is 22.4 Å². The molecule has 1 aromatic carbocycles. The van der Waals surface area contributed by atoms with E-state index in [-0.39, 0.29) is 11.4 Å². The molecule has 0 saturated heterocycles. The molecule has 3 nitrogen and oxygen atoms in total. The number of halogens is 4. The summed E-state index contributed by atoms with van der Waals surface area (Å²) >= 11 is 3.28. The number of alkyl halides is 4. The Morgan fingerprint density at radius 1 is 1.44 bits per heavy atom. The van der Waals surface area contributed by atoms with E-state index in [0.717, 1.165) is 17.0 Å². The normalized spacial score (nSPS) is 19.6. The summed E-state index contributed by atoms with van der Waals surface area (Å²) in [5.41, 5.74) is -0.0972. The van der Waals surface area contributed by atoms with Crippen molar-refractivity contribution in [2.75, 3.05) is 11.4 Å². The summed E-state index contributed by atoms with van der Waals surface area (Å²) in [5.74, 6) is 0. The minimum absolute atomic E-state index is 0.259. The van der Waals surface area contributed by atoms with Crippen LogP contribution < -0.4 is 4.90 Å². The number of carbonyl (C=O) groups is 1. The average Bonchev–Trinajstić information content (AvgIpc) is 2.27. The van der Waals surface area contributed by atoms with Gasteiger partial charge in [-0.25, -0.2) is 4.79 Å². The predicted octanol–water partition coefficient (Wildman–Crippen LogP) is 4.03. The van der Waals surface area contributed by atoms with Crippen molar-refractivity contribution in [2.45, 2.75) is 17.4 Å². The van der Waals surface area contributed by atoms with Gasteiger partial charge in [-0.3, -0.25) is 4.90 Å². The highest BCUT2D eigenvalue weighted by Crippen LogP contribution is 2.42. The number of hydrogen-bond donors (Lipinski definition) is 1. The van der Waals surface area contributed by atoms with Crippen molar-refractivity contribution < 1.29 is 23.1 Å². The number of anilines is 1. The third-order valence-corrected chi connectivity index (χ3v) is 3.77. The topological polar surface area (TPSA) is 40.5 Å². The maximum atomic E-state index is 12.6. The summed E-state index contributed by atoms with van der Waals surface area (Å²) < 4.78 is 37.8. The number of carboxylic acid groups (broad SMARTS) is 1. The molecule has 1 atom stereocenters. The van der Waals surface area contributed by atoms with Crippen LogP contribution in [0.15, 0.2) is 18.2 Å². The maximum Gasteiger partial charge on any atom is 0.416 e. The number of benzene rings is 1. The lowest BCUT2D eigenvalue weighted by Crippen LogP contribution is -2.34. The van der Waals surface area contributed by atoms with Crippen molar-refractivity contribution in [3.63, 3.8) is 0 Å². The van der Waals surface area contributed by atoms with E-state index in [1.54, 1.807) is 0 Å². The molecule has 1 aliphatic heterocycles. The summed E-state index contributed by atoms with van der Waals surface area (Å²) in [5, 5.41) is 8.99. The van der Waals surface area contributed by atoms with E-state index in [0.29, 0.717) is 17.7 Å². The first-order valence-corrected chi connectivity index (χ1v) is 6.08. The summed E-state index contributed by atoms with van der Waals surface area (Å²) in [4.78, 5) is 11.8. The van der Waals surface area contributed by atoms with Crippen molar-refractivity contribution in [1.82, 2.24) is 0 Å². The van der Waals surface area contributed by atoms with Gasteiger partial charge in [-0.1, -0.05) is 15.9 Å². The van der Waals surface area contributed by atoms with Crippen LogP contribution in [0.25, 0.3) is 0 Å². The van der Waals surface area contributed by atoms with E-state index in [4.69, 9.17) is 5.11 Å². The van der Waals surface area contributed by atoms with Crippen LogP contribution in [0.5, 0.6) is 0 Å². The number of amides is 1. The molecule has 1 N–H and O–H groups in total. The predicted molar refractivity (Wildman–Crippen MR) is 63.1 cm³/mol. The zero-order valence-corrected chi connectivity index (χ0v) is 10.6. The van der Waals surface area contributed by atoms with Crippen LogP contribution in [0.2, 0.25) is 0 Å². The average molecular weight is 324 g/mol. The van der Waals surface area contributed by atoms with Crippen LogP contribution in [-0.2, 0) is 6.18 Å². The lowest BCUT2D eigenvalue weighted by molar-refractivity contribution is -0.137. The van der Waals surface area contributed by atoms with Gasteiger partial charge in [0, 0.05) is 11.4 Å². The van der Waals surface area contributed by atoms with Gasteiger partial charge in [0.15, 0.2) is 0 Å². The van der Waals surface area contributed by atoms with Gasteiger partial charge in [0.25, 0.3) is 0 Å². The minimum Gasteiger partial charge on any atom is -0.465 e. The Bertz CT molecular complexity index is 490. The van der Waals surface area contributed by atoms with Gasteiger partial charge >= 0.3 is 12.3 Å². The first-order valence-electron chi connectivity index (χ1n) is 5.16. The van der Waals surface area contributed by atoms with Crippen LogP contribution in [0, 0.1) is 0 Å². The molecule has 0 spiro atoms. The molecular weight excluding hydrogens is 315 g/mol. The molecule has 0 unspecified atom stereocenters. The first-order chi connectivity index (χ1) is 8.30. The van der Waals surface area contributed by atoms with Crippen LogP contribution in [0.4, 0.5) is 23.7 Å². The molecule has 1 amide bonds. The molecule has 0 radical (unpaired) electrons. The Labute approximate surface area is 109 Å². The molecule has 0 aromatic heterocycles. The summed E-state index contributed by atoms with van der Waals surface area (Å²) in [6, 6.07) is 3.11. The Morgan fingerprint density at radius 3 is 2.67 bits per heavy atom.